The van der Waals surface area contributed by atoms with Crippen molar-refractivity contribution in [2.45, 2.75) is 6.10 Å². The Balaban J connectivity index is 2.46. The highest BCUT2D eigenvalue weighted by molar-refractivity contribution is 5.06. The van der Waals surface area contributed by atoms with E-state index in [0.717, 1.165) is 0 Å². The zero-order valence-corrected chi connectivity index (χ0v) is 8.30. The van der Waals surface area contributed by atoms with Gasteiger partial charge in [-0.2, -0.15) is 0 Å². The van der Waals surface area contributed by atoms with Gasteiger partial charge in [-0.3, -0.25) is 4.98 Å². The van der Waals surface area contributed by atoms with Gasteiger partial charge in [0.2, 0.25) is 0 Å². The predicted molar refractivity (Wildman–Crippen MR) is 53.8 cm³/mol. The summed E-state index contributed by atoms with van der Waals surface area (Å²) in [5.41, 5.74) is 0.664. The van der Waals surface area contributed by atoms with E-state index in [-0.39, 0.29) is 6.61 Å². The van der Waals surface area contributed by atoms with Crippen molar-refractivity contribution in [3.63, 3.8) is 0 Å². The second kappa shape index (κ2) is 5.70. The monoisotopic (exact) mass is 196 g/mol. The third kappa shape index (κ3) is 3.41. The van der Waals surface area contributed by atoms with Gasteiger partial charge in [-0.05, 0) is 19.2 Å². The van der Waals surface area contributed by atoms with Gasteiger partial charge >= 0.3 is 0 Å². The van der Waals surface area contributed by atoms with Crippen molar-refractivity contribution in [3.8, 4) is 0 Å². The lowest BCUT2D eigenvalue weighted by molar-refractivity contribution is 0.112. The molecule has 4 nitrogen and oxygen atoms in total. The lowest BCUT2D eigenvalue weighted by atomic mass is 10.2. The maximum atomic E-state index is 9.73. The number of aliphatic hydroxyl groups excluding tert-OH is 2. The van der Waals surface area contributed by atoms with Crippen molar-refractivity contribution in [3.05, 3.63) is 30.1 Å². The molecule has 0 aliphatic heterocycles. The van der Waals surface area contributed by atoms with Crippen molar-refractivity contribution < 1.29 is 10.2 Å². The van der Waals surface area contributed by atoms with E-state index < -0.39 is 6.10 Å². The largest absolute Gasteiger partial charge is 0.395 e. The van der Waals surface area contributed by atoms with E-state index in [2.05, 4.69) is 4.98 Å². The van der Waals surface area contributed by atoms with Crippen molar-refractivity contribution in [2.24, 2.45) is 0 Å². The topological polar surface area (TPSA) is 56.6 Å². The average molecular weight is 196 g/mol. The minimum absolute atomic E-state index is 0.103. The molecule has 0 bridgehead atoms. The van der Waals surface area contributed by atoms with Gasteiger partial charge in [-0.1, -0.05) is 6.07 Å². The molecule has 1 rings (SSSR count). The Kier molecular flexibility index (Phi) is 4.52. The number of nitrogens with zero attached hydrogens (tertiary/aromatic N) is 2. The summed E-state index contributed by atoms with van der Waals surface area (Å²) >= 11 is 0. The highest BCUT2D eigenvalue weighted by Crippen LogP contribution is 2.09. The SMILES string of the molecule is CN(CCO)CC(O)c1ccccn1. The molecule has 14 heavy (non-hydrogen) atoms. The Labute approximate surface area is 83.8 Å². The summed E-state index contributed by atoms with van der Waals surface area (Å²) in [6.07, 6.45) is 1.07. The molecule has 1 aromatic rings. The first-order chi connectivity index (χ1) is 6.74. The van der Waals surface area contributed by atoms with Crippen LogP contribution in [0.2, 0.25) is 0 Å². The van der Waals surface area contributed by atoms with Crippen LogP contribution in [0.1, 0.15) is 11.8 Å². The summed E-state index contributed by atoms with van der Waals surface area (Å²) in [5.74, 6) is 0. The second-order valence-electron chi connectivity index (χ2n) is 3.26. The average Bonchev–Trinajstić information content (AvgIpc) is 2.19. The standard InChI is InChI=1S/C10H16N2O2/c1-12(6-7-13)8-10(14)9-4-2-3-5-11-9/h2-5,10,13-14H,6-8H2,1H3. The molecule has 1 heterocycles. The lowest BCUT2D eigenvalue weighted by Crippen LogP contribution is -2.27. The molecule has 1 atom stereocenters. The maximum Gasteiger partial charge on any atom is 0.109 e. The first-order valence-electron chi connectivity index (χ1n) is 4.62. The zero-order valence-electron chi connectivity index (χ0n) is 8.30. The van der Waals surface area contributed by atoms with Gasteiger partial charge in [0, 0.05) is 19.3 Å². The Bertz CT molecular complexity index is 254. The quantitative estimate of drug-likeness (QED) is 0.698. The summed E-state index contributed by atoms with van der Waals surface area (Å²) in [7, 11) is 1.85. The van der Waals surface area contributed by atoms with Crippen LogP contribution < -0.4 is 0 Å². The first kappa shape index (κ1) is 11.1. The Morgan fingerprint density at radius 3 is 2.86 bits per heavy atom. The lowest BCUT2D eigenvalue weighted by Gasteiger charge is -2.18. The second-order valence-corrected chi connectivity index (χ2v) is 3.26. The molecule has 0 radical (unpaired) electrons. The third-order valence-electron chi connectivity index (χ3n) is 2.00. The van der Waals surface area contributed by atoms with Crippen molar-refractivity contribution in [1.29, 1.82) is 0 Å². The van der Waals surface area contributed by atoms with Gasteiger partial charge in [0.25, 0.3) is 0 Å². The van der Waals surface area contributed by atoms with Crippen LogP contribution in [0.4, 0.5) is 0 Å². The predicted octanol–water partition coefficient (Wildman–Crippen LogP) is 0.0391. The van der Waals surface area contributed by atoms with Gasteiger partial charge < -0.3 is 15.1 Å². The summed E-state index contributed by atoms with van der Waals surface area (Å²) in [5, 5.41) is 18.4. The third-order valence-corrected chi connectivity index (χ3v) is 2.00. The van der Waals surface area contributed by atoms with Crippen LogP contribution >= 0.6 is 0 Å². The van der Waals surface area contributed by atoms with Crippen LogP contribution in [0.15, 0.2) is 24.4 Å². The van der Waals surface area contributed by atoms with E-state index in [1.807, 2.05) is 24.1 Å². The normalized spacial score (nSPS) is 13.1. The van der Waals surface area contributed by atoms with Crippen molar-refractivity contribution in [1.82, 2.24) is 9.88 Å². The number of hydrogen-bond donors (Lipinski definition) is 2. The highest BCUT2D eigenvalue weighted by atomic mass is 16.3. The molecule has 0 saturated heterocycles. The zero-order chi connectivity index (χ0) is 10.4. The maximum absolute atomic E-state index is 9.73. The molecule has 0 aliphatic rings. The number of likely N-dealkylation sites (N-methyl/N-ethyl adjacent to an activating group) is 1. The Morgan fingerprint density at radius 2 is 2.29 bits per heavy atom. The van der Waals surface area contributed by atoms with Crippen LogP contribution in [0.3, 0.4) is 0 Å². The number of rotatable bonds is 5. The van der Waals surface area contributed by atoms with Gasteiger partial charge in [-0.25, -0.2) is 0 Å². The summed E-state index contributed by atoms with van der Waals surface area (Å²) in [6.45, 7) is 1.15. The number of pyridine rings is 1. The summed E-state index contributed by atoms with van der Waals surface area (Å²) < 4.78 is 0. The number of hydrogen-bond acceptors (Lipinski definition) is 4. The van der Waals surface area contributed by atoms with E-state index in [1.165, 1.54) is 0 Å². The molecule has 0 fully saturated rings. The van der Waals surface area contributed by atoms with E-state index >= 15 is 0 Å². The van der Waals surface area contributed by atoms with Crippen molar-refractivity contribution in [2.75, 3.05) is 26.7 Å². The molecule has 0 spiro atoms. The molecule has 0 amide bonds. The Hall–Kier alpha value is -0.970. The van der Waals surface area contributed by atoms with Gasteiger partial charge in [0.15, 0.2) is 0 Å². The number of aliphatic hydroxyl groups is 2. The molecule has 0 saturated carbocycles. The molecular formula is C10H16N2O2. The minimum Gasteiger partial charge on any atom is -0.395 e. The molecule has 0 aliphatic carbocycles. The molecule has 1 unspecified atom stereocenters. The minimum atomic E-state index is -0.590. The van der Waals surface area contributed by atoms with Crippen LogP contribution in [-0.2, 0) is 0 Å². The first-order valence-corrected chi connectivity index (χ1v) is 4.62. The van der Waals surface area contributed by atoms with E-state index in [0.29, 0.717) is 18.8 Å². The fourth-order valence-corrected chi connectivity index (χ4v) is 1.22. The van der Waals surface area contributed by atoms with E-state index in [9.17, 15) is 5.11 Å². The Morgan fingerprint density at radius 1 is 1.50 bits per heavy atom. The van der Waals surface area contributed by atoms with Crippen LogP contribution in [0.25, 0.3) is 0 Å². The van der Waals surface area contributed by atoms with Crippen molar-refractivity contribution >= 4 is 0 Å². The van der Waals surface area contributed by atoms with Crippen LogP contribution in [0, 0.1) is 0 Å². The molecule has 4 heteroatoms. The van der Waals surface area contributed by atoms with Gasteiger partial charge in [0.1, 0.15) is 6.10 Å². The van der Waals surface area contributed by atoms with Crippen LogP contribution in [-0.4, -0.2) is 46.8 Å². The molecule has 0 aromatic carbocycles. The fourth-order valence-electron chi connectivity index (χ4n) is 1.22. The fraction of sp³-hybridized carbons (Fsp3) is 0.500. The van der Waals surface area contributed by atoms with Crippen LogP contribution in [0.5, 0.6) is 0 Å². The van der Waals surface area contributed by atoms with E-state index in [4.69, 9.17) is 5.11 Å². The highest BCUT2D eigenvalue weighted by Gasteiger charge is 2.10. The van der Waals surface area contributed by atoms with Gasteiger partial charge in [-0.15, -0.1) is 0 Å². The molecular weight excluding hydrogens is 180 g/mol. The number of aromatic nitrogens is 1. The molecule has 78 valence electrons. The molecule has 2 N–H and O–H groups in total. The van der Waals surface area contributed by atoms with Gasteiger partial charge in [0.05, 0.1) is 12.3 Å². The molecule has 1 aromatic heterocycles. The summed E-state index contributed by atoms with van der Waals surface area (Å²) in [6, 6.07) is 5.45. The smallest absolute Gasteiger partial charge is 0.109 e. The van der Waals surface area contributed by atoms with E-state index in [1.54, 1.807) is 12.3 Å². The summed E-state index contributed by atoms with van der Waals surface area (Å²) in [4.78, 5) is 5.91.